The maximum Gasteiger partial charge on any atom is 0.211 e. The molecule has 11 heteroatoms. The average Bonchev–Trinajstić information content (AvgIpc) is 2.76. The third-order valence-corrected chi connectivity index (χ3v) is 5.47. The molecule has 2 aliphatic heterocycles. The second-order valence-corrected chi connectivity index (χ2v) is 7.61. The van der Waals surface area contributed by atoms with Gasteiger partial charge in [0.1, 0.15) is 48.4 Å². The lowest BCUT2D eigenvalue weighted by Gasteiger charge is -2.38. The van der Waals surface area contributed by atoms with Gasteiger partial charge in [0, 0.05) is 6.07 Å². The number of rotatable bonds is 4. The molecule has 1 fully saturated rings. The monoisotopic (exact) mass is 450 g/mol. The number of hydrogen-bond donors (Lipinski definition) is 7. The summed E-state index contributed by atoms with van der Waals surface area (Å²) < 4.78 is 15.8. The number of aromatic hydroxyl groups is 2. The number of ether oxygens (including phenoxy) is 3. The lowest BCUT2D eigenvalue weighted by molar-refractivity contribution is -0.285. The number of hydrogen-bond acceptors (Lipinski definition) is 11. The summed E-state index contributed by atoms with van der Waals surface area (Å²) in [5.74, 6) is -2.41. The van der Waals surface area contributed by atoms with Gasteiger partial charge in [0.2, 0.25) is 6.29 Å². The topological polar surface area (TPSA) is 186 Å². The molecule has 0 amide bonds. The number of carbonyl (C=O) groups is 1. The van der Waals surface area contributed by atoms with Crippen molar-refractivity contribution < 1.29 is 54.8 Å². The zero-order valence-electron chi connectivity index (χ0n) is 16.5. The molecule has 7 N–H and O–H groups in total. The molecule has 0 radical (unpaired) electrons. The molecule has 2 heterocycles. The Morgan fingerprint density at radius 1 is 0.875 bits per heavy atom. The van der Waals surface area contributed by atoms with E-state index in [1.165, 1.54) is 30.3 Å². The first-order valence-electron chi connectivity index (χ1n) is 9.72. The van der Waals surface area contributed by atoms with Crippen LogP contribution in [0.5, 0.6) is 23.0 Å². The summed E-state index contributed by atoms with van der Waals surface area (Å²) in [5.41, 5.74) is 0.320. The van der Waals surface area contributed by atoms with Crippen LogP contribution in [0.25, 0.3) is 0 Å². The first-order chi connectivity index (χ1) is 15.2. The van der Waals surface area contributed by atoms with Crippen molar-refractivity contribution in [1.29, 1.82) is 0 Å². The van der Waals surface area contributed by atoms with Crippen molar-refractivity contribution in [2.75, 3.05) is 6.61 Å². The molecule has 7 unspecified atom stereocenters. The summed E-state index contributed by atoms with van der Waals surface area (Å²) in [7, 11) is 0. The minimum Gasteiger partial charge on any atom is -0.508 e. The van der Waals surface area contributed by atoms with E-state index in [4.69, 9.17) is 14.2 Å². The summed E-state index contributed by atoms with van der Waals surface area (Å²) in [4.78, 5) is 13.1. The minimum atomic E-state index is -1.73. The van der Waals surface area contributed by atoms with E-state index in [0.29, 0.717) is 5.56 Å². The van der Waals surface area contributed by atoms with E-state index in [1.54, 1.807) is 0 Å². The molecular formula is C21H22O11. The highest BCUT2D eigenvalue weighted by Crippen LogP contribution is 2.43. The summed E-state index contributed by atoms with van der Waals surface area (Å²) in [6.07, 6.45) is -9.42. The van der Waals surface area contributed by atoms with Gasteiger partial charge in [0.05, 0.1) is 5.56 Å². The number of fused-ring (bicyclic) bond motifs is 1. The Kier molecular flexibility index (Phi) is 5.95. The van der Waals surface area contributed by atoms with Crippen LogP contribution in [0.15, 0.2) is 36.4 Å². The third kappa shape index (κ3) is 3.97. The fourth-order valence-electron chi connectivity index (χ4n) is 3.71. The maximum atomic E-state index is 13.1. The predicted octanol–water partition coefficient (Wildman–Crippen LogP) is -1.05. The second kappa shape index (κ2) is 8.54. The summed E-state index contributed by atoms with van der Waals surface area (Å²) in [6, 6.07) is 8.03. The van der Waals surface area contributed by atoms with Crippen LogP contribution in [0.3, 0.4) is 0 Å². The van der Waals surface area contributed by atoms with E-state index in [9.17, 15) is 40.5 Å². The molecule has 0 aliphatic carbocycles. The number of ketones is 1. The van der Waals surface area contributed by atoms with Crippen LogP contribution in [0.4, 0.5) is 0 Å². The Hall–Kier alpha value is -2.93. The number of Topliss-reactive ketones (excluding diaryl/α,β-unsaturated/α-hetero) is 1. The lowest BCUT2D eigenvalue weighted by atomic mass is 9.87. The van der Waals surface area contributed by atoms with Crippen LogP contribution in [-0.2, 0) is 4.74 Å². The largest absolute Gasteiger partial charge is 0.508 e. The van der Waals surface area contributed by atoms with Gasteiger partial charge in [-0.2, -0.15) is 0 Å². The van der Waals surface area contributed by atoms with Crippen molar-refractivity contribution in [2.24, 2.45) is 0 Å². The Morgan fingerprint density at radius 3 is 2.25 bits per heavy atom. The van der Waals surface area contributed by atoms with Crippen LogP contribution in [-0.4, -0.2) is 85.1 Å². The molecule has 7 atom stereocenters. The lowest BCUT2D eigenvalue weighted by Crippen LogP contribution is -2.58. The molecule has 0 bridgehead atoms. The number of carbonyl (C=O) groups excluding carboxylic acids is 1. The molecule has 11 nitrogen and oxygen atoms in total. The second-order valence-electron chi connectivity index (χ2n) is 7.61. The van der Waals surface area contributed by atoms with Gasteiger partial charge < -0.3 is 50.0 Å². The normalized spacial score (nSPS) is 32.2. The van der Waals surface area contributed by atoms with Crippen molar-refractivity contribution in [3.8, 4) is 23.0 Å². The average molecular weight is 450 g/mol. The fourth-order valence-corrected chi connectivity index (χ4v) is 3.71. The standard InChI is InChI=1S/C21H22O11/c22-9-3-1-8(2-4-9)14-15(24)11-5-10(6-12(23)19(11)32-20(14)28)30-7-13-16(25)17(26)18(27)21(29)31-13/h1-6,13-14,16-18,20-23,25-29H,7H2. The highest BCUT2D eigenvalue weighted by atomic mass is 16.6. The predicted molar refractivity (Wildman–Crippen MR) is 104 cm³/mol. The zero-order valence-corrected chi connectivity index (χ0v) is 16.5. The minimum absolute atomic E-state index is 0.00931. The molecule has 2 aliphatic rings. The van der Waals surface area contributed by atoms with Gasteiger partial charge >= 0.3 is 0 Å². The van der Waals surface area contributed by atoms with Crippen molar-refractivity contribution >= 4 is 5.78 Å². The summed E-state index contributed by atoms with van der Waals surface area (Å²) in [6.45, 7) is -0.390. The Balaban J connectivity index is 1.56. The van der Waals surface area contributed by atoms with Crippen LogP contribution in [0.2, 0.25) is 0 Å². The van der Waals surface area contributed by atoms with Crippen LogP contribution < -0.4 is 9.47 Å². The molecule has 0 saturated carbocycles. The van der Waals surface area contributed by atoms with Crippen LogP contribution in [0, 0.1) is 0 Å². The first kappa shape index (κ1) is 22.3. The smallest absolute Gasteiger partial charge is 0.211 e. The molecule has 2 aromatic rings. The molecule has 2 aromatic carbocycles. The van der Waals surface area contributed by atoms with Crippen molar-refractivity contribution in [2.45, 2.75) is 42.9 Å². The SMILES string of the molecule is O=C1c2cc(OCC3OC(O)C(O)C(O)C3O)cc(O)c2OC(O)C1c1ccc(O)cc1. The van der Waals surface area contributed by atoms with E-state index in [1.807, 2.05) is 0 Å². The van der Waals surface area contributed by atoms with Crippen LogP contribution in [0.1, 0.15) is 21.8 Å². The highest BCUT2D eigenvalue weighted by molar-refractivity contribution is 6.05. The van der Waals surface area contributed by atoms with E-state index in [0.717, 1.165) is 6.07 Å². The Labute approximate surface area is 181 Å². The van der Waals surface area contributed by atoms with Crippen molar-refractivity contribution in [3.63, 3.8) is 0 Å². The molecule has 172 valence electrons. The van der Waals surface area contributed by atoms with Gasteiger partial charge in [-0.3, -0.25) is 4.79 Å². The molecular weight excluding hydrogens is 428 g/mol. The van der Waals surface area contributed by atoms with Gasteiger partial charge in [-0.1, -0.05) is 12.1 Å². The third-order valence-electron chi connectivity index (χ3n) is 5.47. The Morgan fingerprint density at radius 2 is 1.56 bits per heavy atom. The number of aliphatic hydroxyl groups excluding tert-OH is 5. The van der Waals surface area contributed by atoms with E-state index >= 15 is 0 Å². The van der Waals surface area contributed by atoms with Crippen molar-refractivity contribution in [1.82, 2.24) is 0 Å². The summed E-state index contributed by atoms with van der Waals surface area (Å²) >= 11 is 0. The highest BCUT2D eigenvalue weighted by Gasteiger charge is 2.43. The molecule has 0 spiro atoms. The number of phenolic OH excluding ortho intramolecular Hbond substituents is 2. The molecule has 32 heavy (non-hydrogen) atoms. The number of aliphatic hydroxyl groups is 5. The maximum absolute atomic E-state index is 13.1. The number of phenols is 2. The van der Waals surface area contributed by atoms with Crippen molar-refractivity contribution in [3.05, 3.63) is 47.5 Å². The quantitative estimate of drug-likeness (QED) is 0.301. The molecule has 1 saturated heterocycles. The van der Waals surface area contributed by atoms with E-state index in [-0.39, 0.29) is 29.4 Å². The van der Waals surface area contributed by atoms with E-state index in [2.05, 4.69) is 0 Å². The number of benzene rings is 2. The van der Waals surface area contributed by atoms with Gasteiger partial charge in [-0.05, 0) is 23.8 Å². The first-order valence-corrected chi connectivity index (χ1v) is 9.72. The molecule has 4 rings (SSSR count). The van der Waals surface area contributed by atoms with Gasteiger partial charge in [-0.25, -0.2) is 0 Å². The van der Waals surface area contributed by atoms with Gasteiger partial charge in [0.25, 0.3) is 0 Å². The zero-order chi connectivity index (χ0) is 23.2. The van der Waals surface area contributed by atoms with E-state index < -0.39 is 54.4 Å². The summed E-state index contributed by atoms with van der Waals surface area (Å²) in [5, 5.41) is 69.0. The fraction of sp³-hybridized carbons (Fsp3) is 0.381. The Bertz CT molecular complexity index is 992. The molecule has 0 aromatic heterocycles. The van der Waals surface area contributed by atoms with Gasteiger partial charge in [0.15, 0.2) is 23.6 Å². The van der Waals surface area contributed by atoms with Gasteiger partial charge in [-0.15, -0.1) is 0 Å². The van der Waals surface area contributed by atoms with Crippen LogP contribution >= 0.6 is 0 Å².